The first-order valence-electron chi connectivity index (χ1n) is 6.09. The van der Waals surface area contributed by atoms with E-state index in [-0.39, 0.29) is 24.8 Å². The maximum absolute atomic E-state index is 11.3. The third kappa shape index (κ3) is 4.75. The molecular formula is C9H13Ge3O8. The summed E-state index contributed by atoms with van der Waals surface area (Å²) < 4.78 is 22.0. The topological polar surface area (TPSA) is 108 Å². The summed E-state index contributed by atoms with van der Waals surface area (Å²) in [7, 11) is 0. The first kappa shape index (κ1) is 16.3. The van der Waals surface area contributed by atoms with E-state index in [4.69, 9.17) is 18.2 Å². The Balaban J connectivity index is 1.86. The molecule has 0 spiro atoms. The zero-order valence-corrected chi connectivity index (χ0v) is 16.8. The molecule has 2 aliphatic rings. The number of carbonyl (C=O) groups excluding carboxylic acids is 2. The van der Waals surface area contributed by atoms with Crippen molar-refractivity contribution in [2.75, 3.05) is 0 Å². The normalized spacial score (nSPS) is 26.6. The van der Waals surface area contributed by atoms with Crippen LogP contribution in [-0.2, 0) is 27.5 Å². The number of aliphatic carboxylic acids is 1. The fourth-order valence-corrected chi connectivity index (χ4v) is 23.6. The van der Waals surface area contributed by atoms with Gasteiger partial charge >= 0.3 is 131 Å². The van der Waals surface area contributed by atoms with Gasteiger partial charge in [0, 0.05) is 0 Å². The van der Waals surface area contributed by atoms with Crippen molar-refractivity contribution in [3.05, 3.63) is 0 Å². The first-order valence-corrected chi connectivity index (χ1v) is 15.7. The average Bonchev–Trinajstić information content (AvgIpc) is 2.93. The van der Waals surface area contributed by atoms with Gasteiger partial charge in [-0.15, -0.1) is 0 Å². The molecule has 0 bridgehead atoms. The second kappa shape index (κ2) is 7.29. The molecule has 0 aromatic carbocycles. The molecule has 0 saturated carbocycles. The van der Waals surface area contributed by atoms with E-state index in [0.29, 0.717) is 22.2 Å². The van der Waals surface area contributed by atoms with Gasteiger partial charge in [-0.2, -0.15) is 0 Å². The number of carbonyl (C=O) groups is 3. The minimum absolute atomic E-state index is 0.0460. The SMILES string of the molecule is O=C(O)C[CH2][Ge][O][Ge]1([O][Ge]2[CH2]CC(=O)[O]2)[CH2]CC(=O)[O]1. The monoisotopic (exact) mass is 471 g/mol. The molecule has 20 heavy (non-hydrogen) atoms. The fourth-order valence-electron chi connectivity index (χ4n) is 1.69. The molecule has 0 amide bonds. The third-order valence-electron chi connectivity index (χ3n) is 2.60. The summed E-state index contributed by atoms with van der Waals surface area (Å²) in [6.07, 6.45) is 0.673. The summed E-state index contributed by atoms with van der Waals surface area (Å²) in [5.41, 5.74) is 0. The van der Waals surface area contributed by atoms with Crippen molar-refractivity contribution in [2.45, 2.75) is 35.0 Å². The van der Waals surface area contributed by atoms with Gasteiger partial charge in [-0.05, 0) is 0 Å². The summed E-state index contributed by atoms with van der Waals surface area (Å²) in [6, 6.07) is 0. The zero-order valence-electron chi connectivity index (χ0n) is 10.5. The van der Waals surface area contributed by atoms with E-state index >= 15 is 0 Å². The third-order valence-corrected chi connectivity index (χ3v) is 21.8. The number of hydrogen-bond acceptors (Lipinski definition) is 7. The molecule has 109 valence electrons. The Hall–Kier alpha value is -0.0414. The van der Waals surface area contributed by atoms with E-state index in [9.17, 15) is 14.4 Å². The molecule has 1 unspecified atom stereocenters. The van der Waals surface area contributed by atoms with Crippen LogP contribution in [0.5, 0.6) is 0 Å². The Labute approximate surface area is 130 Å². The average molecular weight is 467 g/mol. The molecule has 2 rings (SSSR count). The van der Waals surface area contributed by atoms with Crippen LogP contribution in [0.25, 0.3) is 0 Å². The Bertz CT molecular complexity index is 416. The van der Waals surface area contributed by atoms with Crippen molar-refractivity contribution in [3.63, 3.8) is 0 Å². The van der Waals surface area contributed by atoms with Gasteiger partial charge in [0.15, 0.2) is 0 Å². The van der Waals surface area contributed by atoms with Gasteiger partial charge in [0.1, 0.15) is 0 Å². The Kier molecular flexibility index (Phi) is 5.95. The van der Waals surface area contributed by atoms with Gasteiger partial charge in [0.2, 0.25) is 0 Å². The van der Waals surface area contributed by atoms with E-state index in [1.807, 2.05) is 0 Å². The predicted octanol–water partition coefficient (Wildman–Crippen LogP) is -0.147. The summed E-state index contributed by atoms with van der Waals surface area (Å²) in [5, 5.41) is 10.1. The zero-order chi connectivity index (χ0) is 14.6. The molecule has 1 atom stereocenters. The van der Waals surface area contributed by atoms with Gasteiger partial charge < -0.3 is 0 Å². The minimum atomic E-state index is -3.62. The number of rotatable bonds is 7. The summed E-state index contributed by atoms with van der Waals surface area (Å²) in [6.45, 7) is 0. The second-order valence-electron chi connectivity index (χ2n) is 4.25. The molecule has 2 saturated heterocycles. The van der Waals surface area contributed by atoms with Crippen LogP contribution in [0.4, 0.5) is 0 Å². The number of carboxylic acids is 1. The molecule has 2 fully saturated rings. The Morgan fingerprint density at radius 2 is 2.20 bits per heavy atom. The van der Waals surface area contributed by atoms with Crippen molar-refractivity contribution in [2.24, 2.45) is 0 Å². The summed E-state index contributed by atoms with van der Waals surface area (Å²) in [4.78, 5) is 32.9. The first-order chi connectivity index (χ1) is 9.49. The van der Waals surface area contributed by atoms with Crippen LogP contribution in [0.2, 0.25) is 15.8 Å². The predicted molar refractivity (Wildman–Crippen MR) is 67.5 cm³/mol. The number of hydrogen-bond donors (Lipinski definition) is 1. The number of carboxylic acid groups (broad SMARTS) is 1. The molecule has 2 aliphatic heterocycles. The quantitative estimate of drug-likeness (QED) is 0.407. The molecule has 11 heteroatoms. The summed E-state index contributed by atoms with van der Waals surface area (Å²) >= 11 is -7.00. The molecule has 0 aliphatic carbocycles. The maximum atomic E-state index is 11.3. The fraction of sp³-hybridized carbons (Fsp3) is 0.667. The van der Waals surface area contributed by atoms with Crippen LogP contribution in [0.3, 0.4) is 0 Å². The van der Waals surface area contributed by atoms with Crippen molar-refractivity contribution < 1.29 is 32.6 Å². The van der Waals surface area contributed by atoms with Crippen molar-refractivity contribution in [3.8, 4) is 0 Å². The standard InChI is InChI=1S/C9H13Ge3O8/c13-7(14)1-4-10-19-12(6-3-9(16)18-12)20-11-5-2-8(15)17-11/h1-6H2,(H,13,14). The second-order valence-corrected chi connectivity index (χ2v) is 18.6. The van der Waals surface area contributed by atoms with Crippen LogP contribution in [0.1, 0.15) is 19.3 Å². The van der Waals surface area contributed by atoms with E-state index in [0.717, 1.165) is 0 Å². The van der Waals surface area contributed by atoms with Crippen LogP contribution in [-0.4, -0.2) is 68.1 Å². The van der Waals surface area contributed by atoms with Crippen molar-refractivity contribution in [1.82, 2.24) is 0 Å². The van der Waals surface area contributed by atoms with Crippen LogP contribution >= 0.6 is 0 Å². The van der Waals surface area contributed by atoms with E-state index < -0.39 is 51.0 Å². The molecule has 8 nitrogen and oxygen atoms in total. The van der Waals surface area contributed by atoms with Crippen molar-refractivity contribution in [1.29, 1.82) is 0 Å². The molecule has 1 N–H and O–H groups in total. The van der Waals surface area contributed by atoms with Crippen molar-refractivity contribution >= 4 is 63.0 Å². The van der Waals surface area contributed by atoms with Gasteiger partial charge in [0.25, 0.3) is 0 Å². The molecular weight excluding hydrogens is 454 g/mol. The van der Waals surface area contributed by atoms with Crippen LogP contribution in [0, 0.1) is 0 Å². The molecule has 0 aromatic heterocycles. The van der Waals surface area contributed by atoms with Gasteiger partial charge in [-0.25, -0.2) is 0 Å². The van der Waals surface area contributed by atoms with Crippen LogP contribution in [0.15, 0.2) is 0 Å². The van der Waals surface area contributed by atoms with E-state index in [1.165, 1.54) is 0 Å². The van der Waals surface area contributed by atoms with Gasteiger partial charge in [0.05, 0.1) is 0 Å². The van der Waals surface area contributed by atoms with Gasteiger partial charge in [-0.1, -0.05) is 0 Å². The van der Waals surface area contributed by atoms with E-state index in [1.54, 1.807) is 0 Å². The Morgan fingerprint density at radius 1 is 1.40 bits per heavy atom. The molecule has 0 aromatic rings. The van der Waals surface area contributed by atoms with Gasteiger partial charge in [-0.3, -0.25) is 0 Å². The summed E-state index contributed by atoms with van der Waals surface area (Å²) in [5.74, 6) is -1.47. The molecule has 3 radical (unpaired) electrons. The van der Waals surface area contributed by atoms with E-state index in [2.05, 4.69) is 0 Å². The molecule has 2 heterocycles. The van der Waals surface area contributed by atoms with Crippen LogP contribution < -0.4 is 0 Å². The Morgan fingerprint density at radius 3 is 2.75 bits per heavy atom.